The van der Waals surface area contributed by atoms with Crippen LogP contribution in [0.2, 0.25) is 0 Å². The minimum Gasteiger partial charge on any atom is -0.367 e. The molecule has 1 aromatic carbocycles. The fourth-order valence-corrected chi connectivity index (χ4v) is 2.98. The van der Waals surface area contributed by atoms with Crippen LogP contribution in [0.4, 0.5) is 14.6 Å². The van der Waals surface area contributed by atoms with Gasteiger partial charge in [-0.05, 0) is 38.4 Å². The lowest BCUT2D eigenvalue weighted by molar-refractivity contribution is 0.295. The molecule has 130 valence electrons. The first kappa shape index (κ1) is 18.2. The zero-order chi connectivity index (χ0) is 17.9. The summed E-state index contributed by atoms with van der Waals surface area (Å²) in [6.07, 6.45) is 1.39. The van der Waals surface area contributed by atoms with Gasteiger partial charge < -0.3 is 10.2 Å². The molecule has 2 rings (SSSR count). The van der Waals surface area contributed by atoms with Crippen molar-refractivity contribution in [1.82, 2.24) is 9.88 Å². The molecule has 1 aromatic heterocycles. The van der Waals surface area contributed by atoms with Crippen molar-refractivity contribution in [2.24, 2.45) is 5.14 Å². The first-order valence-electron chi connectivity index (χ1n) is 7.04. The summed E-state index contributed by atoms with van der Waals surface area (Å²) in [5.41, 5.74) is -0.108. The Morgan fingerprint density at radius 1 is 1.21 bits per heavy atom. The Hall–Kier alpha value is -2.10. The molecule has 1 atom stereocenters. The van der Waals surface area contributed by atoms with E-state index in [1.807, 2.05) is 0 Å². The van der Waals surface area contributed by atoms with Crippen molar-refractivity contribution in [3.63, 3.8) is 0 Å². The summed E-state index contributed by atoms with van der Waals surface area (Å²) in [7, 11) is -0.641. The number of halogens is 2. The highest BCUT2D eigenvalue weighted by Crippen LogP contribution is 2.25. The average molecular weight is 356 g/mol. The number of hydrogen-bond donors (Lipinski definition) is 2. The number of nitrogens with one attached hydrogen (secondary N) is 1. The smallest absolute Gasteiger partial charge is 0.241 e. The number of sulfonamides is 1. The second kappa shape index (κ2) is 7.20. The number of hydrogen-bond acceptors (Lipinski definition) is 5. The second-order valence-electron chi connectivity index (χ2n) is 5.39. The van der Waals surface area contributed by atoms with Crippen LogP contribution in [-0.4, -0.2) is 38.9 Å². The Morgan fingerprint density at radius 3 is 2.38 bits per heavy atom. The second-order valence-corrected chi connectivity index (χ2v) is 6.92. The number of rotatable bonds is 6. The van der Waals surface area contributed by atoms with E-state index in [1.165, 1.54) is 36.5 Å². The molecule has 0 bridgehead atoms. The van der Waals surface area contributed by atoms with Gasteiger partial charge in [-0.25, -0.2) is 27.3 Å². The van der Waals surface area contributed by atoms with Gasteiger partial charge in [0.2, 0.25) is 10.0 Å². The third kappa shape index (κ3) is 4.05. The molecule has 0 spiro atoms. The molecule has 0 amide bonds. The van der Waals surface area contributed by atoms with Crippen molar-refractivity contribution in [1.29, 1.82) is 0 Å². The van der Waals surface area contributed by atoms with E-state index in [0.717, 1.165) is 0 Å². The number of aromatic nitrogens is 1. The lowest BCUT2D eigenvalue weighted by Crippen LogP contribution is -2.29. The maximum Gasteiger partial charge on any atom is 0.241 e. The molecule has 24 heavy (non-hydrogen) atoms. The van der Waals surface area contributed by atoms with Crippen LogP contribution in [0.15, 0.2) is 41.4 Å². The first-order chi connectivity index (χ1) is 11.2. The van der Waals surface area contributed by atoms with Crippen LogP contribution in [-0.2, 0) is 10.0 Å². The Balaban J connectivity index is 2.32. The van der Waals surface area contributed by atoms with E-state index in [0.29, 0.717) is 0 Å². The van der Waals surface area contributed by atoms with E-state index in [9.17, 15) is 17.2 Å². The van der Waals surface area contributed by atoms with Gasteiger partial charge in [0.1, 0.15) is 22.3 Å². The first-order valence-corrected chi connectivity index (χ1v) is 8.58. The fourth-order valence-electron chi connectivity index (χ4n) is 2.32. The minimum atomic E-state index is -3.97. The average Bonchev–Trinajstić information content (AvgIpc) is 2.49. The van der Waals surface area contributed by atoms with Crippen LogP contribution in [0.3, 0.4) is 0 Å². The van der Waals surface area contributed by atoms with Gasteiger partial charge in [0.15, 0.2) is 0 Å². The summed E-state index contributed by atoms with van der Waals surface area (Å²) in [5, 5.41) is 7.95. The Bertz CT molecular complexity index is 808. The molecule has 6 nitrogen and oxygen atoms in total. The number of nitrogens with two attached hydrogens (primary N) is 1. The van der Waals surface area contributed by atoms with Crippen LogP contribution >= 0.6 is 0 Å². The molecule has 9 heteroatoms. The molecule has 0 aliphatic heterocycles. The number of likely N-dealkylation sites (N-methyl/N-ethyl adjacent to an activating group) is 1. The highest BCUT2D eigenvalue weighted by Gasteiger charge is 2.23. The quantitative estimate of drug-likeness (QED) is 0.823. The van der Waals surface area contributed by atoms with Crippen LogP contribution in [0.1, 0.15) is 11.6 Å². The third-order valence-corrected chi connectivity index (χ3v) is 4.44. The topological polar surface area (TPSA) is 88.3 Å². The summed E-state index contributed by atoms with van der Waals surface area (Å²) < 4.78 is 51.2. The van der Waals surface area contributed by atoms with Gasteiger partial charge in [-0.3, -0.25) is 0 Å². The highest BCUT2D eigenvalue weighted by atomic mass is 32.2. The van der Waals surface area contributed by atoms with Crippen molar-refractivity contribution >= 4 is 15.8 Å². The van der Waals surface area contributed by atoms with Crippen molar-refractivity contribution in [3.8, 4) is 0 Å². The molecule has 0 saturated heterocycles. The molecule has 3 N–H and O–H groups in total. The summed E-state index contributed by atoms with van der Waals surface area (Å²) in [4.78, 5) is 5.37. The van der Waals surface area contributed by atoms with Gasteiger partial charge in [0, 0.05) is 18.3 Å². The van der Waals surface area contributed by atoms with Gasteiger partial charge in [-0.15, -0.1) is 0 Å². The molecule has 1 unspecified atom stereocenters. The number of benzene rings is 1. The zero-order valence-electron chi connectivity index (χ0n) is 13.2. The van der Waals surface area contributed by atoms with Gasteiger partial charge in [-0.2, -0.15) is 0 Å². The van der Waals surface area contributed by atoms with Crippen LogP contribution in [0.5, 0.6) is 0 Å². The Kier molecular flexibility index (Phi) is 5.47. The molecular formula is C15H18F2N4O2S. The monoisotopic (exact) mass is 356 g/mol. The van der Waals surface area contributed by atoms with Gasteiger partial charge in [0.25, 0.3) is 0 Å². The van der Waals surface area contributed by atoms with Gasteiger partial charge in [-0.1, -0.05) is 6.07 Å². The summed E-state index contributed by atoms with van der Waals surface area (Å²) in [6, 6.07) is 5.69. The van der Waals surface area contributed by atoms with Gasteiger partial charge >= 0.3 is 0 Å². The highest BCUT2D eigenvalue weighted by molar-refractivity contribution is 7.89. The minimum absolute atomic E-state index is 0.0311. The Morgan fingerprint density at radius 2 is 1.83 bits per heavy atom. The van der Waals surface area contributed by atoms with Crippen LogP contribution < -0.4 is 10.5 Å². The maximum absolute atomic E-state index is 14.0. The predicted octanol–water partition coefficient (Wildman–Crippen LogP) is 1.72. The molecule has 0 radical (unpaired) electrons. The molecule has 0 aliphatic carbocycles. The third-order valence-electron chi connectivity index (χ3n) is 3.50. The summed E-state index contributed by atoms with van der Waals surface area (Å²) in [6.45, 7) is 0.0321. The van der Waals surface area contributed by atoms with E-state index < -0.39 is 27.7 Å². The largest absolute Gasteiger partial charge is 0.367 e. The van der Waals surface area contributed by atoms with E-state index in [-0.39, 0.29) is 22.8 Å². The van der Waals surface area contributed by atoms with Crippen molar-refractivity contribution < 1.29 is 17.2 Å². The SMILES string of the molecule is CN(C)C(CNc1ncccc1S(N)(=O)=O)c1c(F)cccc1F. The summed E-state index contributed by atoms with van der Waals surface area (Å²) >= 11 is 0. The van der Waals surface area contributed by atoms with Crippen molar-refractivity contribution in [2.75, 3.05) is 26.0 Å². The lowest BCUT2D eigenvalue weighted by Gasteiger charge is -2.26. The standard InChI is InChI=1S/C15H18F2N4O2S/c1-21(2)12(14-10(16)5-3-6-11(14)17)9-20-15-13(24(18,22)23)7-4-8-19-15/h3-8,12H,9H2,1-2H3,(H,19,20)(H2,18,22,23). The Labute approximate surface area is 139 Å². The van der Waals surface area contributed by atoms with Gasteiger partial charge in [0.05, 0.1) is 6.04 Å². The number of primary sulfonamides is 1. The number of nitrogens with zero attached hydrogens (tertiary/aromatic N) is 2. The normalized spacial score (nSPS) is 13.1. The van der Waals surface area contributed by atoms with E-state index in [4.69, 9.17) is 5.14 Å². The molecule has 0 aliphatic rings. The molecule has 0 fully saturated rings. The molecular weight excluding hydrogens is 338 g/mol. The van der Waals surface area contributed by atoms with E-state index in [1.54, 1.807) is 19.0 Å². The number of anilines is 1. The van der Waals surface area contributed by atoms with E-state index in [2.05, 4.69) is 10.3 Å². The summed E-state index contributed by atoms with van der Waals surface area (Å²) in [5.74, 6) is -1.32. The van der Waals surface area contributed by atoms with Crippen LogP contribution in [0, 0.1) is 11.6 Å². The molecule has 1 heterocycles. The van der Waals surface area contributed by atoms with Crippen LogP contribution in [0.25, 0.3) is 0 Å². The molecule has 0 saturated carbocycles. The fraction of sp³-hybridized carbons (Fsp3) is 0.267. The predicted molar refractivity (Wildman–Crippen MR) is 86.9 cm³/mol. The van der Waals surface area contributed by atoms with Crippen molar-refractivity contribution in [2.45, 2.75) is 10.9 Å². The van der Waals surface area contributed by atoms with Crippen molar-refractivity contribution in [3.05, 3.63) is 53.7 Å². The lowest BCUT2D eigenvalue weighted by atomic mass is 10.0. The van der Waals surface area contributed by atoms with E-state index >= 15 is 0 Å². The molecule has 2 aromatic rings. The number of pyridine rings is 1. The maximum atomic E-state index is 14.0. The zero-order valence-corrected chi connectivity index (χ0v) is 14.0.